The molecular formula is C26H24N4O5S. The van der Waals surface area contributed by atoms with E-state index in [0.717, 1.165) is 10.3 Å². The number of carbonyl (C=O) groups is 1. The van der Waals surface area contributed by atoms with Crippen molar-refractivity contribution in [3.05, 3.63) is 88.0 Å². The Labute approximate surface area is 211 Å². The van der Waals surface area contributed by atoms with E-state index in [9.17, 15) is 14.9 Å². The van der Waals surface area contributed by atoms with Gasteiger partial charge in [0.15, 0.2) is 5.13 Å². The van der Waals surface area contributed by atoms with E-state index in [1.807, 2.05) is 53.4 Å². The number of amides is 1. The van der Waals surface area contributed by atoms with E-state index in [1.165, 1.54) is 17.4 Å². The number of hydrogen-bond donors (Lipinski definition) is 0. The van der Waals surface area contributed by atoms with E-state index < -0.39 is 4.92 Å². The topological polar surface area (TPSA) is 98.0 Å². The molecule has 1 aliphatic rings. The number of rotatable bonds is 7. The van der Waals surface area contributed by atoms with E-state index in [4.69, 9.17) is 14.5 Å². The van der Waals surface area contributed by atoms with Gasteiger partial charge < -0.3 is 14.4 Å². The number of ether oxygens (including phenoxy) is 2. The van der Waals surface area contributed by atoms with E-state index >= 15 is 0 Å². The number of nitrogens with zero attached hydrogens (tertiary/aromatic N) is 4. The van der Waals surface area contributed by atoms with Crippen molar-refractivity contribution in [1.82, 2.24) is 4.98 Å². The van der Waals surface area contributed by atoms with E-state index in [2.05, 4.69) is 0 Å². The second-order valence-electron chi connectivity index (χ2n) is 8.27. The minimum atomic E-state index is -0.437. The zero-order chi connectivity index (χ0) is 25.1. The fourth-order valence-electron chi connectivity index (χ4n) is 4.16. The number of nitro benzene ring substituents is 1. The predicted octanol–water partition coefficient (Wildman–Crippen LogP) is 4.90. The lowest BCUT2D eigenvalue weighted by atomic mass is 10.1. The number of methoxy groups -OCH3 is 1. The number of benzene rings is 3. The first-order valence-corrected chi connectivity index (χ1v) is 12.3. The SMILES string of the molecule is COc1ccc2sc(N(Cc3ccccc3)C(=O)c3ccc(N4CCOCC4)c([N+](=O)[O-])c3)nc2c1. The molecule has 0 bridgehead atoms. The molecule has 0 saturated carbocycles. The summed E-state index contributed by atoms with van der Waals surface area (Å²) in [6.45, 7) is 2.40. The molecule has 0 atom stereocenters. The summed E-state index contributed by atoms with van der Waals surface area (Å²) in [5, 5.41) is 12.5. The average Bonchev–Trinajstić information content (AvgIpc) is 3.35. The van der Waals surface area contributed by atoms with Gasteiger partial charge in [-0.05, 0) is 29.8 Å². The molecule has 36 heavy (non-hydrogen) atoms. The summed E-state index contributed by atoms with van der Waals surface area (Å²) in [4.78, 5) is 33.5. The first-order valence-electron chi connectivity index (χ1n) is 11.4. The smallest absolute Gasteiger partial charge is 0.293 e. The molecule has 1 amide bonds. The van der Waals surface area contributed by atoms with Gasteiger partial charge in [0, 0.05) is 30.8 Å². The minimum Gasteiger partial charge on any atom is -0.497 e. The molecule has 0 N–H and O–H groups in total. The lowest BCUT2D eigenvalue weighted by Gasteiger charge is -2.28. The summed E-state index contributed by atoms with van der Waals surface area (Å²) in [7, 11) is 1.59. The molecule has 1 aliphatic heterocycles. The van der Waals surface area contributed by atoms with Crippen LogP contribution in [0.25, 0.3) is 10.2 Å². The number of aromatic nitrogens is 1. The van der Waals surface area contributed by atoms with Crippen molar-refractivity contribution in [3.63, 3.8) is 0 Å². The predicted molar refractivity (Wildman–Crippen MR) is 139 cm³/mol. The van der Waals surface area contributed by atoms with Gasteiger partial charge in [0.1, 0.15) is 11.4 Å². The number of nitro groups is 1. The quantitative estimate of drug-likeness (QED) is 0.261. The Balaban J connectivity index is 1.54. The molecule has 0 radical (unpaired) electrons. The van der Waals surface area contributed by atoms with Crippen LogP contribution in [0.3, 0.4) is 0 Å². The standard InChI is InChI=1S/C26H24N4O5S/c1-34-20-8-10-24-21(16-20)27-26(36-24)29(17-18-5-3-2-4-6-18)25(31)19-7-9-22(23(15-19)30(32)33)28-11-13-35-14-12-28/h2-10,15-16H,11-14,17H2,1H3. The summed E-state index contributed by atoms with van der Waals surface area (Å²) >= 11 is 1.39. The second-order valence-corrected chi connectivity index (χ2v) is 9.28. The van der Waals surface area contributed by atoms with Crippen LogP contribution in [-0.4, -0.2) is 49.2 Å². The summed E-state index contributed by atoms with van der Waals surface area (Å²) in [6.07, 6.45) is 0. The van der Waals surface area contributed by atoms with E-state index in [-0.39, 0.29) is 23.7 Å². The Morgan fingerprint density at radius 2 is 1.92 bits per heavy atom. The van der Waals surface area contributed by atoms with Crippen molar-refractivity contribution in [3.8, 4) is 5.75 Å². The number of morpholine rings is 1. The van der Waals surface area contributed by atoms with Crippen LogP contribution in [0.5, 0.6) is 5.75 Å². The van der Waals surface area contributed by atoms with Crippen molar-refractivity contribution < 1.29 is 19.2 Å². The Kier molecular flexibility index (Phi) is 6.79. The highest BCUT2D eigenvalue weighted by atomic mass is 32.1. The van der Waals surface area contributed by atoms with Gasteiger partial charge in [-0.25, -0.2) is 4.98 Å². The fraction of sp³-hybridized carbons (Fsp3) is 0.231. The second kappa shape index (κ2) is 10.3. The zero-order valence-electron chi connectivity index (χ0n) is 19.6. The van der Waals surface area contributed by atoms with E-state index in [1.54, 1.807) is 24.1 Å². The monoisotopic (exact) mass is 504 g/mol. The van der Waals surface area contributed by atoms with Crippen molar-refractivity contribution in [2.24, 2.45) is 0 Å². The van der Waals surface area contributed by atoms with Gasteiger partial charge in [-0.15, -0.1) is 0 Å². The van der Waals surface area contributed by atoms with Gasteiger partial charge in [-0.3, -0.25) is 19.8 Å². The highest BCUT2D eigenvalue weighted by Gasteiger charge is 2.27. The van der Waals surface area contributed by atoms with Crippen LogP contribution in [0.1, 0.15) is 15.9 Å². The number of carbonyl (C=O) groups excluding carboxylic acids is 1. The van der Waals surface area contributed by atoms with Crippen LogP contribution >= 0.6 is 11.3 Å². The normalized spacial score (nSPS) is 13.5. The molecule has 9 nitrogen and oxygen atoms in total. The van der Waals surface area contributed by atoms with Gasteiger partial charge in [0.05, 0.1) is 42.0 Å². The molecule has 1 fully saturated rings. The maximum Gasteiger partial charge on any atom is 0.293 e. The Morgan fingerprint density at radius 1 is 1.14 bits per heavy atom. The molecule has 1 aromatic heterocycles. The van der Waals surface area contributed by atoms with Gasteiger partial charge in [0.25, 0.3) is 11.6 Å². The summed E-state index contributed by atoms with van der Waals surface area (Å²) in [6, 6.07) is 19.8. The van der Waals surface area contributed by atoms with Crippen molar-refractivity contribution >= 4 is 44.0 Å². The van der Waals surface area contributed by atoms with E-state index in [0.29, 0.717) is 48.4 Å². The maximum atomic E-state index is 13.8. The lowest BCUT2D eigenvalue weighted by Crippen LogP contribution is -2.36. The number of fused-ring (bicyclic) bond motifs is 1. The van der Waals surface area contributed by atoms with Gasteiger partial charge >= 0.3 is 0 Å². The minimum absolute atomic E-state index is 0.101. The molecule has 0 unspecified atom stereocenters. The first kappa shape index (κ1) is 23.7. The van der Waals surface area contributed by atoms with Crippen molar-refractivity contribution in [2.45, 2.75) is 6.54 Å². The largest absolute Gasteiger partial charge is 0.497 e. The third-order valence-electron chi connectivity index (χ3n) is 6.01. The zero-order valence-corrected chi connectivity index (χ0v) is 20.4. The number of thiazole rings is 1. The summed E-state index contributed by atoms with van der Waals surface area (Å²) in [5.41, 5.74) is 2.25. The van der Waals surface area contributed by atoms with Crippen LogP contribution in [0.4, 0.5) is 16.5 Å². The van der Waals surface area contributed by atoms with Gasteiger partial charge in [-0.1, -0.05) is 41.7 Å². The maximum absolute atomic E-state index is 13.8. The molecular weight excluding hydrogens is 480 g/mol. The first-order chi connectivity index (χ1) is 17.5. The Morgan fingerprint density at radius 3 is 2.64 bits per heavy atom. The fourth-order valence-corrected chi connectivity index (χ4v) is 5.10. The van der Waals surface area contributed by atoms with Crippen LogP contribution in [0.15, 0.2) is 66.7 Å². The molecule has 1 saturated heterocycles. The number of anilines is 2. The van der Waals surface area contributed by atoms with Crippen LogP contribution in [0, 0.1) is 10.1 Å². The lowest BCUT2D eigenvalue weighted by molar-refractivity contribution is -0.384. The molecule has 0 spiro atoms. The molecule has 4 aromatic rings. The van der Waals surface area contributed by atoms with Crippen molar-refractivity contribution in [1.29, 1.82) is 0 Å². The highest BCUT2D eigenvalue weighted by Crippen LogP contribution is 2.35. The van der Waals surface area contributed by atoms with Crippen molar-refractivity contribution in [2.75, 3.05) is 43.2 Å². The molecule has 0 aliphatic carbocycles. The molecule has 2 heterocycles. The van der Waals surface area contributed by atoms with Crippen LogP contribution in [0.2, 0.25) is 0 Å². The summed E-state index contributed by atoms with van der Waals surface area (Å²) < 4.78 is 11.6. The Bertz CT molecular complexity index is 1400. The molecule has 184 valence electrons. The van der Waals surface area contributed by atoms with Crippen LogP contribution < -0.4 is 14.5 Å². The molecule has 10 heteroatoms. The van der Waals surface area contributed by atoms with Gasteiger partial charge in [0.2, 0.25) is 0 Å². The average molecular weight is 505 g/mol. The van der Waals surface area contributed by atoms with Gasteiger partial charge in [-0.2, -0.15) is 0 Å². The third kappa shape index (κ3) is 4.86. The third-order valence-corrected chi connectivity index (χ3v) is 7.07. The summed E-state index contributed by atoms with van der Waals surface area (Å²) in [5.74, 6) is 0.316. The molecule has 5 rings (SSSR count). The Hall–Kier alpha value is -4.02. The van der Waals surface area contributed by atoms with Crippen LogP contribution in [-0.2, 0) is 11.3 Å². The number of hydrogen-bond acceptors (Lipinski definition) is 8. The highest BCUT2D eigenvalue weighted by molar-refractivity contribution is 7.22. The molecule has 3 aromatic carbocycles.